The molecule has 0 saturated carbocycles. The molecule has 2 aromatic carbocycles. The van der Waals surface area contributed by atoms with E-state index in [2.05, 4.69) is 75.2 Å². The Hall–Kier alpha value is -2.81. The number of allylic oxidation sites excluding steroid dienone is 2. The van der Waals surface area contributed by atoms with Crippen LogP contribution in [0.15, 0.2) is 65.2 Å². The van der Waals surface area contributed by atoms with Crippen molar-refractivity contribution in [2.75, 3.05) is 14.1 Å². The topological polar surface area (TPSA) is 19.4 Å². The van der Waals surface area contributed by atoms with Crippen LogP contribution in [0.3, 0.4) is 0 Å². The molecule has 0 aliphatic heterocycles. The average molecular weight is 362 g/mol. The molecule has 0 atom stereocenters. The molecular weight excluding hydrogens is 332 g/mol. The van der Waals surface area contributed by atoms with Crippen molar-refractivity contribution >= 4 is 27.8 Å². The maximum absolute atomic E-state index is 6.34. The molecule has 140 valence electrons. The first-order chi connectivity index (χ1) is 12.9. The van der Waals surface area contributed by atoms with Crippen LogP contribution in [0.5, 0.6) is 0 Å². The van der Waals surface area contributed by atoms with Gasteiger partial charge in [0.25, 0.3) is 5.84 Å². The van der Waals surface area contributed by atoms with E-state index in [-0.39, 0.29) is 0 Å². The van der Waals surface area contributed by atoms with Crippen molar-refractivity contribution in [3.8, 4) is 0 Å². The van der Waals surface area contributed by atoms with Gasteiger partial charge in [-0.2, -0.15) is 0 Å². The number of hydrogen-bond acceptors (Lipinski definition) is 1. The van der Waals surface area contributed by atoms with E-state index in [9.17, 15) is 0 Å². The molecule has 1 aromatic heterocycles. The van der Waals surface area contributed by atoms with E-state index in [1.165, 1.54) is 5.56 Å². The highest BCUT2D eigenvalue weighted by molar-refractivity contribution is 6.14. The summed E-state index contributed by atoms with van der Waals surface area (Å²) in [5.74, 6) is 1.09. The van der Waals surface area contributed by atoms with E-state index in [0.29, 0.717) is 6.04 Å². The first-order valence-electron chi connectivity index (χ1n) is 9.43. The summed E-state index contributed by atoms with van der Waals surface area (Å²) in [5, 5.41) is 2.29. The van der Waals surface area contributed by atoms with Gasteiger partial charge in [-0.25, -0.2) is 4.90 Å². The van der Waals surface area contributed by atoms with Crippen LogP contribution in [0, 0.1) is 6.92 Å². The van der Waals surface area contributed by atoms with E-state index >= 15 is 0 Å². The van der Waals surface area contributed by atoms with Crippen molar-refractivity contribution in [1.29, 1.82) is 0 Å². The fourth-order valence-electron chi connectivity index (χ4n) is 3.43. The molecule has 0 aliphatic carbocycles. The molecule has 3 nitrogen and oxygen atoms in total. The maximum atomic E-state index is 6.34. The highest BCUT2D eigenvalue weighted by atomic mass is 16.3. The van der Waals surface area contributed by atoms with E-state index in [0.717, 1.165) is 39.0 Å². The van der Waals surface area contributed by atoms with Crippen molar-refractivity contribution in [2.45, 2.75) is 33.7 Å². The van der Waals surface area contributed by atoms with Crippen molar-refractivity contribution in [3.63, 3.8) is 0 Å². The summed E-state index contributed by atoms with van der Waals surface area (Å²) in [4.78, 5) is 2.15. The lowest BCUT2D eigenvalue weighted by Crippen LogP contribution is -2.37. The lowest BCUT2D eigenvalue weighted by molar-refractivity contribution is -0.533. The number of likely N-dealkylation sites (N-methyl/N-ethyl adjacent to an activating group) is 1. The summed E-state index contributed by atoms with van der Waals surface area (Å²) in [6.07, 6.45) is 4.04. The Morgan fingerprint density at radius 3 is 2.52 bits per heavy atom. The van der Waals surface area contributed by atoms with Crippen LogP contribution in [-0.2, 0) is 0 Å². The zero-order valence-corrected chi connectivity index (χ0v) is 17.2. The second-order valence-electron chi connectivity index (χ2n) is 7.31. The van der Waals surface area contributed by atoms with Gasteiger partial charge in [0, 0.05) is 10.8 Å². The molecular formula is C24H29N2O+. The van der Waals surface area contributed by atoms with Crippen LogP contribution in [-0.4, -0.2) is 35.4 Å². The summed E-state index contributed by atoms with van der Waals surface area (Å²) in [6, 6.07) is 12.9. The summed E-state index contributed by atoms with van der Waals surface area (Å²) < 4.78 is 8.62. The second-order valence-corrected chi connectivity index (χ2v) is 7.31. The lowest BCUT2D eigenvalue weighted by atomic mass is 10.0. The molecule has 0 unspecified atom stereocenters. The number of benzene rings is 2. The smallest absolute Gasteiger partial charge is 0.288 e. The van der Waals surface area contributed by atoms with Gasteiger partial charge in [0.05, 0.1) is 20.1 Å². The first-order valence-corrected chi connectivity index (χ1v) is 9.43. The van der Waals surface area contributed by atoms with Gasteiger partial charge in [-0.1, -0.05) is 43.0 Å². The van der Waals surface area contributed by atoms with Crippen LogP contribution >= 0.6 is 0 Å². The van der Waals surface area contributed by atoms with E-state index in [1.54, 1.807) is 0 Å². The summed E-state index contributed by atoms with van der Waals surface area (Å²) in [5.41, 5.74) is 5.09. The summed E-state index contributed by atoms with van der Waals surface area (Å²) >= 11 is 0. The lowest BCUT2D eigenvalue weighted by Gasteiger charge is -2.21. The second kappa shape index (κ2) is 7.43. The molecule has 0 bridgehead atoms. The average Bonchev–Trinajstić information content (AvgIpc) is 3.02. The fraction of sp³-hybridized carbons (Fsp3) is 0.292. The molecule has 0 N–H and O–H groups in total. The zero-order valence-electron chi connectivity index (χ0n) is 17.2. The van der Waals surface area contributed by atoms with E-state index in [4.69, 9.17) is 4.42 Å². The van der Waals surface area contributed by atoms with Gasteiger partial charge in [0.2, 0.25) is 0 Å². The SMILES string of the molecule is C=C(/C=C\C)N(C)C(c1c(C)ccc2c1oc1ccccc12)=[N+](C)C(C)C. The van der Waals surface area contributed by atoms with Gasteiger partial charge in [-0.3, -0.25) is 4.58 Å². The Labute approximate surface area is 161 Å². The molecule has 0 amide bonds. The van der Waals surface area contributed by atoms with Crippen molar-refractivity contribution in [3.05, 3.63) is 72.0 Å². The highest BCUT2D eigenvalue weighted by Crippen LogP contribution is 2.33. The Balaban J connectivity index is 2.38. The number of para-hydroxylation sites is 1. The minimum absolute atomic E-state index is 0.333. The predicted molar refractivity (Wildman–Crippen MR) is 116 cm³/mol. The van der Waals surface area contributed by atoms with Crippen molar-refractivity contribution in [1.82, 2.24) is 4.90 Å². The molecule has 3 rings (SSSR count). The summed E-state index contributed by atoms with van der Waals surface area (Å²) in [7, 11) is 4.19. The van der Waals surface area contributed by atoms with Crippen LogP contribution in [0.2, 0.25) is 0 Å². The normalized spacial score (nSPS) is 13.0. The molecule has 3 heteroatoms. The van der Waals surface area contributed by atoms with E-state index < -0.39 is 0 Å². The van der Waals surface area contributed by atoms with Crippen molar-refractivity contribution in [2.24, 2.45) is 0 Å². The zero-order chi connectivity index (χ0) is 19.7. The molecule has 0 fully saturated rings. The van der Waals surface area contributed by atoms with Crippen LogP contribution in [0.25, 0.3) is 21.9 Å². The van der Waals surface area contributed by atoms with Gasteiger partial charge in [-0.05, 0) is 45.4 Å². The third-order valence-corrected chi connectivity index (χ3v) is 5.20. The molecule has 0 aliphatic rings. The first kappa shape index (κ1) is 19.0. The number of hydrogen-bond donors (Lipinski definition) is 0. The monoisotopic (exact) mass is 361 g/mol. The highest BCUT2D eigenvalue weighted by Gasteiger charge is 2.29. The molecule has 0 spiro atoms. The van der Waals surface area contributed by atoms with Gasteiger partial charge < -0.3 is 4.42 Å². The van der Waals surface area contributed by atoms with E-state index in [1.807, 2.05) is 31.2 Å². The number of fused-ring (bicyclic) bond motifs is 3. The summed E-state index contributed by atoms with van der Waals surface area (Å²) in [6.45, 7) is 12.8. The van der Waals surface area contributed by atoms with Crippen LogP contribution in [0.4, 0.5) is 0 Å². The third kappa shape index (κ3) is 3.30. The Morgan fingerprint density at radius 1 is 1.15 bits per heavy atom. The molecule has 3 aromatic rings. The third-order valence-electron chi connectivity index (χ3n) is 5.20. The number of amidine groups is 1. The van der Waals surface area contributed by atoms with Gasteiger partial charge in [0.1, 0.15) is 16.8 Å². The molecule has 27 heavy (non-hydrogen) atoms. The quantitative estimate of drug-likeness (QED) is 0.256. The standard InChI is InChI=1S/C24H29N2O/c1-8-11-18(5)26(7)24(25(6)16(2)3)22-17(4)14-15-20-19-12-9-10-13-21(19)27-23(20)22/h8-16H,5H2,1-4,6-7H3/q+1/b11-8-. The number of aryl methyl sites for hydroxylation is 1. The minimum atomic E-state index is 0.333. The van der Waals surface area contributed by atoms with Gasteiger partial charge >= 0.3 is 0 Å². The Kier molecular flexibility index (Phi) is 5.22. The van der Waals surface area contributed by atoms with Gasteiger partial charge in [-0.15, -0.1) is 0 Å². The van der Waals surface area contributed by atoms with Crippen molar-refractivity contribution < 1.29 is 8.99 Å². The number of rotatable bonds is 4. The number of nitrogens with zero attached hydrogens (tertiary/aromatic N) is 2. The molecule has 0 radical (unpaired) electrons. The Morgan fingerprint density at radius 2 is 1.85 bits per heavy atom. The largest absolute Gasteiger partial charge is 0.455 e. The van der Waals surface area contributed by atoms with Gasteiger partial charge in [0.15, 0.2) is 5.58 Å². The minimum Gasteiger partial charge on any atom is -0.455 e. The van der Waals surface area contributed by atoms with Crippen LogP contribution in [0.1, 0.15) is 31.9 Å². The number of furan rings is 1. The molecule has 1 heterocycles. The fourth-order valence-corrected chi connectivity index (χ4v) is 3.43. The predicted octanol–water partition coefficient (Wildman–Crippen LogP) is 5.71. The Bertz CT molecular complexity index is 1070. The van der Waals surface area contributed by atoms with Crippen LogP contribution < -0.4 is 0 Å². The maximum Gasteiger partial charge on any atom is 0.288 e. The molecule has 0 saturated heterocycles.